The highest BCUT2D eigenvalue weighted by molar-refractivity contribution is 7.13. The summed E-state index contributed by atoms with van der Waals surface area (Å²) in [5.41, 5.74) is 0. The lowest BCUT2D eigenvalue weighted by atomic mass is 10.5. The number of nitrogens with zero attached hydrogens (tertiary/aromatic N) is 2. The van der Waals surface area contributed by atoms with Crippen molar-refractivity contribution in [1.82, 2.24) is 10.2 Å². The molecule has 1 aromatic heterocycles. The molecule has 0 amide bonds. The molecule has 0 aliphatic heterocycles. The summed E-state index contributed by atoms with van der Waals surface area (Å²) in [4.78, 5) is 10.5. The summed E-state index contributed by atoms with van der Waals surface area (Å²) in [6, 6.07) is 0. The summed E-state index contributed by atoms with van der Waals surface area (Å²) in [5, 5.41) is 4.60. The van der Waals surface area contributed by atoms with Gasteiger partial charge in [0.25, 0.3) is 0 Å². The summed E-state index contributed by atoms with van der Waals surface area (Å²) >= 11 is 0.251. The molecule has 1 heterocycles. The molecular weight excluding hydrogens is 193 g/mol. The highest BCUT2D eigenvalue weighted by atomic mass is 32.1. The second kappa shape index (κ2) is 2.81. The Labute approximate surface area is 69.2 Å². The third kappa shape index (κ3) is 1.79. The van der Waals surface area contributed by atoms with Crippen LogP contribution in [0.4, 0.5) is 13.2 Å². The number of aromatic nitrogens is 2. The molecule has 7 heteroatoms. The fourth-order valence-corrected chi connectivity index (χ4v) is 1.09. The monoisotopic (exact) mass is 196 g/mol. The molecule has 1 rings (SSSR count). The molecule has 12 heavy (non-hydrogen) atoms. The van der Waals surface area contributed by atoms with Gasteiger partial charge in [0.15, 0.2) is 10.8 Å². The van der Waals surface area contributed by atoms with Crippen molar-refractivity contribution in [3.8, 4) is 0 Å². The Hall–Kier alpha value is -0.980. The maximum atomic E-state index is 11.9. The van der Waals surface area contributed by atoms with E-state index in [2.05, 4.69) is 10.2 Å². The first-order valence-electron chi connectivity index (χ1n) is 2.83. The minimum Gasteiger partial charge on any atom is -0.292 e. The van der Waals surface area contributed by atoms with Crippen LogP contribution in [0.3, 0.4) is 0 Å². The maximum absolute atomic E-state index is 11.9. The van der Waals surface area contributed by atoms with Gasteiger partial charge in [0.1, 0.15) is 0 Å². The lowest BCUT2D eigenvalue weighted by molar-refractivity contribution is -0.138. The fraction of sp³-hybridized carbons (Fsp3) is 0.400. The van der Waals surface area contributed by atoms with E-state index in [1.165, 1.54) is 0 Å². The molecule has 0 spiro atoms. The van der Waals surface area contributed by atoms with E-state index in [-0.39, 0.29) is 16.3 Å². The minimum absolute atomic E-state index is 0.220. The highest BCUT2D eigenvalue weighted by Gasteiger charge is 2.35. The molecule has 0 atom stereocenters. The first-order chi connectivity index (χ1) is 5.41. The second-order valence-corrected chi connectivity index (χ2v) is 2.94. The van der Waals surface area contributed by atoms with Crippen LogP contribution < -0.4 is 0 Å². The van der Waals surface area contributed by atoms with E-state index in [9.17, 15) is 18.0 Å². The number of Topliss-reactive ketones (excluding diaryl/α,β-unsaturated/α-hetero) is 1. The predicted octanol–water partition coefficient (Wildman–Crippen LogP) is 1.76. The predicted molar refractivity (Wildman–Crippen MR) is 34.9 cm³/mol. The Morgan fingerprint density at radius 1 is 1.42 bits per heavy atom. The van der Waals surface area contributed by atoms with E-state index in [0.29, 0.717) is 0 Å². The molecule has 0 aromatic carbocycles. The van der Waals surface area contributed by atoms with Crippen molar-refractivity contribution in [2.75, 3.05) is 0 Å². The molecule has 0 aliphatic rings. The zero-order chi connectivity index (χ0) is 9.35. The molecular formula is C5H3F3N2OS. The number of rotatable bonds is 1. The van der Waals surface area contributed by atoms with Crippen molar-refractivity contribution in [1.29, 1.82) is 0 Å². The molecule has 0 aliphatic carbocycles. The molecule has 3 nitrogen and oxygen atoms in total. The molecule has 0 saturated heterocycles. The van der Waals surface area contributed by atoms with Crippen molar-refractivity contribution in [2.45, 2.75) is 13.1 Å². The number of carbonyl (C=O) groups excluding carboxylic acids is 1. The first kappa shape index (κ1) is 9.11. The van der Waals surface area contributed by atoms with Gasteiger partial charge in [0.05, 0.1) is 0 Å². The summed E-state index contributed by atoms with van der Waals surface area (Å²) in [6.07, 6.45) is -4.51. The van der Waals surface area contributed by atoms with Gasteiger partial charge in [0.2, 0.25) is 5.01 Å². The van der Waals surface area contributed by atoms with Gasteiger partial charge in [0, 0.05) is 6.92 Å². The number of hydrogen-bond donors (Lipinski definition) is 0. The molecule has 0 saturated carbocycles. The molecule has 0 radical (unpaired) electrons. The number of alkyl halides is 3. The molecule has 0 bridgehead atoms. The average Bonchev–Trinajstić information content (AvgIpc) is 2.30. The molecule has 0 unspecified atom stereocenters. The summed E-state index contributed by atoms with van der Waals surface area (Å²) < 4.78 is 35.6. The highest BCUT2D eigenvalue weighted by Crippen LogP contribution is 2.31. The molecule has 0 fully saturated rings. The van der Waals surface area contributed by atoms with Crippen LogP contribution in [0.5, 0.6) is 0 Å². The van der Waals surface area contributed by atoms with Gasteiger partial charge >= 0.3 is 6.18 Å². The van der Waals surface area contributed by atoms with Gasteiger partial charge in [-0.25, -0.2) is 0 Å². The van der Waals surface area contributed by atoms with Gasteiger partial charge in [-0.15, -0.1) is 10.2 Å². The largest absolute Gasteiger partial charge is 0.445 e. The van der Waals surface area contributed by atoms with Crippen molar-refractivity contribution in [3.63, 3.8) is 0 Å². The van der Waals surface area contributed by atoms with Crippen molar-refractivity contribution >= 4 is 17.1 Å². The Kier molecular flexibility index (Phi) is 2.14. The number of halogens is 3. The van der Waals surface area contributed by atoms with E-state index in [4.69, 9.17) is 0 Å². The van der Waals surface area contributed by atoms with Gasteiger partial charge in [-0.05, 0) is 0 Å². The Morgan fingerprint density at radius 2 is 2.00 bits per heavy atom. The minimum atomic E-state index is -4.51. The summed E-state index contributed by atoms with van der Waals surface area (Å²) in [7, 11) is 0. The van der Waals surface area contributed by atoms with E-state index in [1.54, 1.807) is 0 Å². The molecule has 1 aromatic rings. The van der Waals surface area contributed by atoms with Crippen molar-refractivity contribution in [3.05, 3.63) is 10.0 Å². The molecule has 0 N–H and O–H groups in total. The third-order valence-electron chi connectivity index (χ3n) is 0.969. The van der Waals surface area contributed by atoms with Crippen LogP contribution in [-0.2, 0) is 6.18 Å². The van der Waals surface area contributed by atoms with Crippen molar-refractivity contribution in [2.24, 2.45) is 0 Å². The quantitative estimate of drug-likeness (QED) is 0.642. The lowest BCUT2D eigenvalue weighted by Crippen LogP contribution is -2.03. The zero-order valence-corrected chi connectivity index (χ0v) is 6.66. The van der Waals surface area contributed by atoms with Crippen LogP contribution in [0.25, 0.3) is 0 Å². The van der Waals surface area contributed by atoms with Crippen LogP contribution in [-0.4, -0.2) is 16.0 Å². The van der Waals surface area contributed by atoms with Crippen LogP contribution in [0.2, 0.25) is 0 Å². The van der Waals surface area contributed by atoms with Gasteiger partial charge < -0.3 is 0 Å². The SMILES string of the molecule is CC(=O)c1nnc(C(F)(F)F)s1. The fourth-order valence-electron chi connectivity index (χ4n) is 0.480. The average molecular weight is 196 g/mol. The number of carbonyl (C=O) groups is 1. The molecule has 66 valence electrons. The Bertz CT molecular complexity index is 306. The first-order valence-corrected chi connectivity index (χ1v) is 3.64. The van der Waals surface area contributed by atoms with Gasteiger partial charge in [-0.1, -0.05) is 11.3 Å². The van der Waals surface area contributed by atoms with Crippen LogP contribution in [0, 0.1) is 0 Å². The lowest BCUT2D eigenvalue weighted by Gasteiger charge is -1.96. The summed E-state index contributed by atoms with van der Waals surface area (Å²) in [5.74, 6) is -0.511. The maximum Gasteiger partial charge on any atom is 0.445 e. The standard InChI is InChI=1S/C5H3F3N2OS/c1-2(11)3-9-10-4(12-3)5(6,7)8/h1H3. The van der Waals surface area contributed by atoms with Crippen LogP contribution in [0.1, 0.15) is 21.7 Å². The van der Waals surface area contributed by atoms with Crippen LogP contribution >= 0.6 is 11.3 Å². The topological polar surface area (TPSA) is 42.9 Å². The third-order valence-corrected chi connectivity index (χ3v) is 2.04. The Balaban J connectivity index is 3.00. The van der Waals surface area contributed by atoms with Crippen molar-refractivity contribution < 1.29 is 18.0 Å². The zero-order valence-electron chi connectivity index (χ0n) is 5.84. The van der Waals surface area contributed by atoms with Crippen LogP contribution in [0.15, 0.2) is 0 Å². The second-order valence-electron chi connectivity index (χ2n) is 1.97. The van der Waals surface area contributed by atoms with Gasteiger partial charge in [-0.3, -0.25) is 4.79 Å². The Morgan fingerprint density at radius 3 is 2.25 bits per heavy atom. The van der Waals surface area contributed by atoms with E-state index in [0.717, 1.165) is 6.92 Å². The van der Waals surface area contributed by atoms with Gasteiger partial charge in [-0.2, -0.15) is 13.2 Å². The number of hydrogen-bond acceptors (Lipinski definition) is 4. The number of ketones is 1. The van der Waals surface area contributed by atoms with E-state index >= 15 is 0 Å². The normalized spacial score (nSPS) is 11.7. The van der Waals surface area contributed by atoms with E-state index in [1.807, 2.05) is 0 Å². The summed E-state index contributed by atoms with van der Waals surface area (Å²) in [6.45, 7) is 1.14. The van der Waals surface area contributed by atoms with E-state index < -0.39 is 17.0 Å². The smallest absolute Gasteiger partial charge is 0.292 e.